The summed E-state index contributed by atoms with van der Waals surface area (Å²) in [5.41, 5.74) is 1.33. The maximum atomic E-state index is 13.0. The van der Waals surface area contributed by atoms with Gasteiger partial charge in [-0.2, -0.15) is 0 Å². The van der Waals surface area contributed by atoms with E-state index in [0.717, 1.165) is 25.8 Å². The van der Waals surface area contributed by atoms with Crippen LogP contribution in [0.4, 0.5) is 9.59 Å². The zero-order valence-electron chi connectivity index (χ0n) is 55.2. The molecule has 510 valence electrons. The van der Waals surface area contributed by atoms with Crippen LogP contribution < -0.4 is 20.1 Å². The second kappa shape index (κ2) is 34.6. The number of ether oxygens (including phenoxy) is 6. The van der Waals surface area contributed by atoms with Gasteiger partial charge in [-0.1, -0.05) is 24.2 Å². The summed E-state index contributed by atoms with van der Waals surface area (Å²) in [5, 5.41) is 5.12. The normalized spacial score (nSPS) is 15.4. The summed E-state index contributed by atoms with van der Waals surface area (Å²) >= 11 is -8.07. The van der Waals surface area contributed by atoms with E-state index in [1.807, 2.05) is 96.1 Å². The molecular weight excluding hydrogens is 1480 g/mol. The molecule has 1 heterocycles. The van der Waals surface area contributed by atoms with Crippen LogP contribution in [-0.4, -0.2) is 113 Å². The summed E-state index contributed by atoms with van der Waals surface area (Å²) in [6, 6.07) is 41.8. The Kier molecular flexibility index (Phi) is 28.6. The molecule has 1 saturated heterocycles. The molecule has 1 fully saturated rings. The Morgan fingerprint density at radius 3 is 1.38 bits per heavy atom. The van der Waals surface area contributed by atoms with Gasteiger partial charge >= 0.3 is 347 Å². The van der Waals surface area contributed by atoms with Gasteiger partial charge < -0.3 is 33.6 Å². The standard InChI is InChI=1S/C31H36INO8S.C24H36BNO7.C13H13IO4S/c1-23-12-18-27(19-13-23)42(36,37)41-32(25-10-7-6-8-11-25)20-9-21-39-26-16-14-24(15-17-26)22-28(29(34)38-5)33-30(35)40-31(2,3)4;1-22(2,3)31-21(28)26-19(20(27)29-8)16-17-10-12-18(13-11-17)30-15-9-14-25-32-23(4,5)24(6,7)33-25;1-11-7-9-13(10-8-11)19(17,18)14(15,16)12-5-3-2-4-6-12/h6-20,28H,21-22H2,1-5H3,(H,33,35);9-14,19H,15-16H2,1-8H3,(H,26,28);2-10H,1H3,(H,15,16)/b20-9+;14-9+;. The Hall–Kier alpha value is -7.06. The van der Waals surface area contributed by atoms with Crippen LogP contribution in [-0.2, 0) is 73.4 Å². The molecular formula is C68H85BI2N2O19S2. The number of amides is 2. The Morgan fingerprint density at radius 1 is 0.585 bits per heavy atom. The van der Waals surface area contributed by atoms with E-state index >= 15 is 0 Å². The van der Waals surface area contributed by atoms with Crippen molar-refractivity contribution < 1.29 is 82.8 Å². The van der Waals surface area contributed by atoms with Crippen molar-refractivity contribution in [2.45, 2.75) is 140 Å². The Balaban J connectivity index is 0.000000273. The molecule has 7 rings (SSSR count). The molecule has 0 bridgehead atoms. The third kappa shape index (κ3) is 24.6. The molecule has 3 N–H and O–H groups in total. The van der Waals surface area contributed by atoms with Crippen molar-refractivity contribution in [3.63, 3.8) is 0 Å². The van der Waals surface area contributed by atoms with Gasteiger partial charge in [0, 0.05) is 6.42 Å². The van der Waals surface area contributed by atoms with E-state index in [4.69, 9.17) is 40.2 Å². The molecule has 0 aliphatic carbocycles. The van der Waals surface area contributed by atoms with Gasteiger partial charge in [-0.25, -0.2) is 14.4 Å². The molecule has 1 aliphatic rings. The first-order valence-electron chi connectivity index (χ1n) is 29.5. The minimum atomic E-state index is -5.33. The van der Waals surface area contributed by atoms with Crippen molar-refractivity contribution in [1.29, 1.82) is 0 Å². The van der Waals surface area contributed by atoms with E-state index < -0.39 is 109 Å². The first-order valence-corrected chi connectivity index (χ1v) is 41.1. The predicted octanol–water partition coefficient (Wildman–Crippen LogP) is 12.9. The summed E-state index contributed by atoms with van der Waals surface area (Å²) in [4.78, 5) is 48.6. The number of hydrogen-bond acceptors (Lipinski definition) is 18. The summed E-state index contributed by atoms with van der Waals surface area (Å²) in [7, 11) is -6.05. The number of halogens is 2. The molecule has 1 aliphatic heterocycles. The second-order valence-electron chi connectivity index (χ2n) is 24.1. The Labute approximate surface area is 563 Å². The van der Waals surface area contributed by atoms with Crippen molar-refractivity contribution >= 4 is 86.1 Å². The van der Waals surface area contributed by atoms with E-state index in [2.05, 4.69) is 10.6 Å². The van der Waals surface area contributed by atoms with Gasteiger partial charge in [0.05, 0.1) is 25.4 Å². The number of aryl methyl sites for hydroxylation is 2. The summed E-state index contributed by atoms with van der Waals surface area (Å²) in [5.74, 6) is 1.96. The molecule has 0 saturated carbocycles. The number of carbonyl (C=O) groups is 4. The van der Waals surface area contributed by atoms with Crippen LogP contribution in [0.25, 0.3) is 0 Å². The van der Waals surface area contributed by atoms with Gasteiger partial charge in [0.2, 0.25) is 0 Å². The van der Waals surface area contributed by atoms with Crippen molar-refractivity contribution in [2.24, 2.45) is 0 Å². The van der Waals surface area contributed by atoms with E-state index in [9.17, 15) is 42.5 Å². The molecule has 6 aromatic rings. The molecule has 26 heteroatoms. The fraction of sp³-hybridized carbons (Fsp3) is 0.353. The number of benzene rings is 6. The summed E-state index contributed by atoms with van der Waals surface area (Å²) in [6.45, 7) is 22.7. The molecule has 2 amide bonds. The van der Waals surface area contributed by atoms with Crippen LogP contribution >= 0.6 is 37.7 Å². The number of nitrogens with one attached hydrogen (secondary N) is 2. The monoisotopic (exact) mass is 1560 g/mol. The SMILES string of the molecule is COC(=O)C(Cc1ccc(OC/C=C/B2OC(C)(C)C(C)(C)O2)cc1)NC(=O)OC(C)(C)C.COC(=O)C(Cc1ccc(OC/C=C/I(OS(=O)(=O)c2ccc(C)cc2)c2ccccc2)cc1)NC(=O)OC(C)(C)C.Cc1ccc(S(=O)(=O)I(=O)(O)c2ccccc2)cc1. The molecule has 21 nitrogen and oxygen atoms in total. The Bertz CT molecular complexity index is 3770. The van der Waals surface area contributed by atoms with Gasteiger partial charge in [-0.15, -0.1) is 0 Å². The van der Waals surface area contributed by atoms with E-state index in [1.165, 1.54) is 38.5 Å². The van der Waals surface area contributed by atoms with Gasteiger partial charge in [0.1, 0.15) is 29.6 Å². The van der Waals surface area contributed by atoms with E-state index in [-0.39, 0.29) is 44.0 Å². The fourth-order valence-electron chi connectivity index (χ4n) is 8.04. The van der Waals surface area contributed by atoms with Crippen LogP contribution in [0.15, 0.2) is 190 Å². The number of alkyl carbamates (subject to hydrolysis) is 2. The first-order chi connectivity index (χ1) is 43.9. The summed E-state index contributed by atoms with van der Waals surface area (Å²) < 4.78 is 125. The van der Waals surface area contributed by atoms with Crippen LogP contribution in [0.3, 0.4) is 0 Å². The second-order valence-corrected chi connectivity index (χ2v) is 41.6. The van der Waals surface area contributed by atoms with Crippen LogP contribution in [0.2, 0.25) is 0 Å². The van der Waals surface area contributed by atoms with Crippen molar-refractivity contribution in [2.75, 3.05) is 27.4 Å². The minimum absolute atomic E-state index is 0.0185. The van der Waals surface area contributed by atoms with E-state index in [1.54, 1.807) is 143 Å². The number of esters is 2. The quantitative estimate of drug-likeness (QED) is 0.0177. The number of hydrogen-bond donors (Lipinski definition) is 3. The molecule has 0 aromatic heterocycles. The third-order valence-corrected chi connectivity index (χ3v) is 31.5. The maximum absolute atomic E-state index is 13.0. The van der Waals surface area contributed by atoms with Crippen LogP contribution in [0, 0.1) is 21.0 Å². The average Bonchev–Trinajstić information content (AvgIpc) is 0.870. The average molecular weight is 1560 g/mol. The fourth-order valence-corrected chi connectivity index (χ4v) is 22.1. The predicted molar refractivity (Wildman–Crippen MR) is 375 cm³/mol. The number of carbonyl (C=O) groups excluding carboxylic acids is 4. The van der Waals surface area contributed by atoms with Gasteiger partial charge in [0.25, 0.3) is 0 Å². The zero-order chi connectivity index (χ0) is 69.7. The third-order valence-electron chi connectivity index (χ3n) is 13.5. The first kappa shape index (κ1) is 77.6. The van der Waals surface area contributed by atoms with Gasteiger partial charge in [0.15, 0.2) is 0 Å². The molecule has 3 atom stereocenters. The Morgan fingerprint density at radius 2 is 0.979 bits per heavy atom. The van der Waals surface area contributed by atoms with Crippen molar-refractivity contribution in [1.82, 2.24) is 10.6 Å². The van der Waals surface area contributed by atoms with Crippen molar-refractivity contribution in [3.05, 3.63) is 209 Å². The topological polar surface area (TPSA) is 281 Å². The molecule has 3 unspecified atom stereocenters. The van der Waals surface area contributed by atoms with Crippen LogP contribution in [0.1, 0.15) is 91.5 Å². The number of methoxy groups -OCH3 is 2. The zero-order valence-corrected chi connectivity index (χ0v) is 61.2. The van der Waals surface area contributed by atoms with E-state index in [0.29, 0.717) is 18.1 Å². The van der Waals surface area contributed by atoms with Gasteiger partial charge in [-0.05, 0) is 86.9 Å². The van der Waals surface area contributed by atoms with Gasteiger partial charge in [-0.3, -0.25) is 0 Å². The molecule has 94 heavy (non-hydrogen) atoms. The summed E-state index contributed by atoms with van der Waals surface area (Å²) in [6.07, 6.45) is 2.69. The molecule has 0 radical (unpaired) electrons. The van der Waals surface area contributed by atoms with Crippen LogP contribution in [0.5, 0.6) is 11.5 Å². The molecule has 0 spiro atoms. The number of rotatable bonds is 23. The van der Waals surface area contributed by atoms with Crippen molar-refractivity contribution in [3.8, 4) is 11.5 Å². The molecule has 6 aromatic carbocycles.